The van der Waals surface area contributed by atoms with Crippen molar-refractivity contribution in [1.82, 2.24) is 0 Å². The Hall–Kier alpha value is -2.01. The largest absolute Gasteiger partial charge is 0.513 e. The summed E-state index contributed by atoms with van der Waals surface area (Å²) in [6, 6.07) is 11.0. The Morgan fingerprint density at radius 1 is 1.24 bits per heavy atom. The first kappa shape index (κ1) is 15.4. The maximum absolute atomic E-state index is 11.1. The predicted molar refractivity (Wildman–Crippen MR) is 82.8 cm³/mol. The van der Waals surface area contributed by atoms with Crippen molar-refractivity contribution in [3.8, 4) is 11.5 Å². The highest BCUT2D eigenvalue weighted by Crippen LogP contribution is 2.30. The standard InChI is InChI=1S/C16H15BrO4/c1-10-7-13(21-16(19)20-2)9-15(18)14(10)8-11-3-5-12(17)6-4-11/h3-7,9,18H,8H2,1-2H3. The number of hydrogen-bond acceptors (Lipinski definition) is 4. The molecule has 0 saturated heterocycles. The van der Waals surface area contributed by atoms with E-state index >= 15 is 0 Å². The fraction of sp³-hybridized carbons (Fsp3) is 0.188. The van der Waals surface area contributed by atoms with Crippen LogP contribution in [0.25, 0.3) is 0 Å². The first-order chi connectivity index (χ1) is 9.99. The maximum atomic E-state index is 11.1. The Morgan fingerprint density at radius 3 is 2.48 bits per heavy atom. The van der Waals surface area contributed by atoms with Crippen LogP contribution in [0.5, 0.6) is 11.5 Å². The molecule has 2 aromatic carbocycles. The van der Waals surface area contributed by atoms with Gasteiger partial charge in [-0.1, -0.05) is 28.1 Å². The van der Waals surface area contributed by atoms with Crippen molar-refractivity contribution in [3.05, 3.63) is 57.6 Å². The van der Waals surface area contributed by atoms with E-state index < -0.39 is 6.16 Å². The van der Waals surface area contributed by atoms with E-state index in [1.165, 1.54) is 13.2 Å². The molecule has 4 nitrogen and oxygen atoms in total. The summed E-state index contributed by atoms with van der Waals surface area (Å²) in [4.78, 5) is 11.1. The summed E-state index contributed by atoms with van der Waals surface area (Å²) in [5.41, 5.74) is 2.73. The van der Waals surface area contributed by atoms with E-state index in [-0.39, 0.29) is 11.5 Å². The summed E-state index contributed by atoms with van der Waals surface area (Å²) in [6.45, 7) is 1.86. The fourth-order valence-electron chi connectivity index (χ4n) is 2.00. The van der Waals surface area contributed by atoms with Gasteiger partial charge < -0.3 is 14.6 Å². The van der Waals surface area contributed by atoms with E-state index in [0.29, 0.717) is 6.42 Å². The summed E-state index contributed by atoms with van der Waals surface area (Å²) in [6.07, 6.45) is -0.210. The van der Waals surface area contributed by atoms with E-state index in [4.69, 9.17) is 4.74 Å². The van der Waals surface area contributed by atoms with Gasteiger partial charge in [0.1, 0.15) is 11.5 Å². The van der Waals surface area contributed by atoms with Crippen LogP contribution in [-0.4, -0.2) is 18.4 Å². The van der Waals surface area contributed by atoms with Gasteiger partial charge in [0.15, 0.2) is 0 Å². The molecule has 2 aromatic rings. The van der Waals surface area contributed by atoms with E-state index in [1.807, 2.05) is 31.2 Å². The number of phenolic OH excluding ortho intramolecular Hbond substituents is 1. The molecule has 0 aliphatic heterocycles. The lowest BCUT2D eigenvalue weighted by molar-refractivity contribution is 0.121. The minimum atomic E-state index is -0.811. The molecule has 0 atom stereocenters. The average Bonchev–Trinajstić information content (AvgIpc) is 2.44. The van der Waals surface area contributed by atoms with Crippen LogP contribution >= 0.6 is 15.9 Å². The minimum absolute atomic E-state index is 0.0943. The molecule has 21 heavy (non-hydrogen) atoms. The number of hydrogen-bond donors (Lipinski definition) is 1. The predicted octanol–water partition coefficient (Wildman–Crippen LogP) is 4.20. The van der Waals surface area contributed by atoms with Gasteiger partial charge in [-0.2, -0.15) is 0 Å². The summed E-state index contributed by atoms with van der Waals surface area (Å²) < 4.78 is 10.4. The molecule has 0 amide bonds. The second-order valence-electron chi connectivity index (χ2n) is 4.60. The number of carbonyl (C=O) groups excluding carboxylic acids is 1. The number of phenols is 1. The molecule has 0 aliphatic rings. The van der Waals surface area contributed by atoms with Crippen LogP contribution in [0.2, 0.25) is 0 Å². The van der Waals surface area contributed by atoms with E-state index in [1.54, 1.807) is 6.07 Å². The molecule has 0 spiro atoms. The molecule has 5 heteroatoms. The molecule has 0 heterocycles. The van der Waals surface area contributed by atoms with Crippen LogP contribution in [0.15, 0.2) is 40.9 Å². The van der Waals surface area contributed by atoms with Gasteiger partial charge >= 0.3 is 6.16 Å². The van der Waals surface area contributed by atoms with Crippen LogP contribution in [0.4, 0.5) is 4.79 Å². The van der Waals surface area contributed by atoms with Gasteiger partial charge in [0.25, 0.3) is 0 Å². The van der Waals surface area contributed by atoms with Crippen molar-refractivity contribution >= 4 is 22.1 Å². The third-order valence-electron chi connectivity index (χ3n) is 3.08. The molecule has 0 unspecified atom stereocenters. The minimum Gasteiger partial charge on any atom is -0.508 e. The first-order valence-electron chi connectivity index (χ1n) is 6.32. The number of rotatable bonds is 3. The highest BCUT2D eigenvalue weighted by Gasteiger charge is 2.11. The quantitative estimate of drug-likeness (QED) is 0.665. The zero-order chi connectivity index (χ0) is 15.4. The summed E-state index contributed by atoms with van der Waals surface area (Å²) >= 11 is 3.39. The Bertz CT molecular complexity index is 627. The molecule has 110 valence electrons. The van der Waals surface area contributed by atoms with Crippen LogP contribution in [0.1, 0.15) is 16.7 Å². The van der Waals surface area contributed by atoms with E-state index in [0.717, 1.165) is 21.2 Å². The molecule has 0 radical (unpaired) electrons. The Kier molecular flexibility index (Phi) is 4.85. The van der Waals surface area contributed by atoms with Gasteiger partial charge in [-0.3, -0.25) is 0 Å². The zero-order valence-corrected chi connectivity index (χ0v) is 13.3. The topological polar surface area (TPSA) is 55.8 Å². The average molecular weight is 351 g/mol. The molecular weight excluding hydrogens is 336 g/mol. The highest BCUT2D eigenvalue weighted by atomic mass is 79.9. The Balaban J connectivity index is 2.24. The number of aryl methyl sites for hydroxylation is 1. The fourth-order valence-corrected chi connectivity index (χ4v) is 2.26. The van der Waals surface area contributed by atoms with Crippen molar-refractivity contribution in [2.75, 3.05) is 7.11 Å². The number of benzene rings is 2. The van der Waals surface area contributed by atoms with Crippen molar-refractivity contribution < 1.29 is 19.4 Å². The van der Waals surface area contributed by atoms with Crippen LogP contribution < -0.4 is 4.74 Å². The molecule has 0 aliphatic carbocycles. The second-order valence-corrected chi connectivity index (χ2v) is 5.51. The third-order valence-corrected chi connectivity index (χ3v) is 3.61. The summed E-state index contributed by atoms with van der Waals surface area (Å²) in [5.74, 6) is 0.355. The molecule has 0 saturated carbocycles. The van der Waals surface area contributed by atoms with Crippen LogP contribution in [0, 0.1) is 6.92 Å². The maximum Gasteiger partial charge on any atom is 0.513 e. The lowest BCUT2D eigenvalue weighted by Gasteiger charge is -2.11. The monoisotopic (exact) mass is 350 g/mol. The smallest absolute Gasteiger partial charge is 0.508 e. The normalized spacial score (nSPS) is 10.2. The van der Waals surface area contributed by atoms with Crippen LogP contribution in [0.3, 0.4) is 0 Å². The van der Waals surface area contributed by atoms with Gasteiger partial charge in [-0.05, 0) is 36.2 Å². The first-order valence-corrected chi connectivity index (χ1v) is 7.11. The SMILES string of the molecule is COC(=O)Oc1cc(C)c(Cc2ccc(Br)cc2)c(O)c1. The second kappa shape index (κ2) is 6.63. The van der Waals surface area contributed by atoms with Gasteiger partial charge in [-0.15, -0.1) is 0 Å². The van der Waals surface area contributed by atoms with Crippen molar-refractivity contribution in [2.45, 2.75) is 13.3 Å². The number of halogens is 1. The molecular formula is C16H15BrO4. The van der Waals surface area contributed by atoms with Gasteiger partial charge in [0, 0.05) is 22.5 Å². The molecule has 0 bridgehead atoms. The molecule has 0 aromatic heterocycles. The Morgan fingerprint density at radius 2 is 1.90 bits per heavy atom. The van der Waals surface area contributed by atoms with Gasteiger partial charge in [-0.25, -0.2) is 4.79 Å². The number of aromatic hydroxyl groups is 1. The summed E-state index contributed by atoms with van der Waals surface area (Å²) in [7, 11) is 1.23. The van der Waals surface area contributed by atoms with Crippen molar-refractivity contribution in [2.24, 2.45) is 0 Å². The van der Waals surface area contributed by atoms with Crippen molar-refractivity contribution in [1.29, 1.82) is 0 Å². The number of carbonyl (C=O) groups is 1. The summed E-state index contributed by atoms with van der Waals surface area (Å²) in [5, 5.41) is 10.1. The Labute approximate surface area is 131 Å². The van der Waals surface area contributed by atoms with Crippen LogP contribution in [-0.2, 0) is 11.2 Å². The molecule has 1 N–H and O–H groups in total. The third kappa shape index (κ3) is 3.98. The molecule has 0 fully saturated rings. The lowest BCUT2D eigenvalue weighted by atomic mass is 9.99. The lowest BCUT2D eigenvalue weighted by Crippen LogP contribution is -2.07. The molecule has 2 rings (SSSR count). The highest BCUT2D eigenvalue weighted by molar-refractivity contribution is 9.10. The van der Waals surface area contributed by atoms with Gasteiger partial charge in [0.2, 0.25) is 0 Å². The van der Waals surface area contributed by atoms with E-state index in [9.17, 15) is 9.90 Å². The zero-order valence-electron chi connectivity index (χ0n) is 11.7. The number of methoxy groups -OCH3 is 1. The van der Waals surface area contributed by atoms with Gasteiger partial charge in [0.05, 0.1) is 7.11 Å². The number of ether oxygens (including phenoxy) is 2. The van der Waals surface area contributed by atoms with Crippen molar-refractivity contribution in [3.63, 3.8) is 0 Å². The van der Waals surface area contributed by atoms with E-state index in [2.05, 4.69) is 20.7 Å².